The first kappa shape index (κ1) is 14.2. The van der Waals surface area contributed by atoms with Crippen LogP contribution in [0.15, 0.2) is 36.7 Å². The first-order chi connectivity index (χ1) is 9.24. The fraction of sp³-hybridized carbons (Fsp3) is 0.438. The van der Waals surface area contributed by atoms with E-state index in [1.54, 1.807) is 0 Å². The molecule has 0 spiro atoms. The molecule has 0 fully saturated rings. The standard InChI is InChI=1S/C16H22N2S/c1-4-14-6-7-16(19-14)12(3)18-15(5-2)13-8-10-17-11-9-13/h6-12,15,18H,4-5H2,1-3H3/t12-,15-/m0/s1. The monoisotopic (exact) mass is 274 g/mol. The highest BCUT2D eigenvalue weighted by Gasteiger charge is 2.14. The second kappa shape index (κ2) is 6.83. The summed E-state index contributed by atoms with van der Waals surface area (Å²) in [6.45, 7) is 6.67. The molecule has 0 amide bonds. The van der Waals surface area contributed by atoms with Gasteiger partial charge in [-0.2, -0.15) is 0 Å². The highest BCUT2D eigenvalue weighted by molar-refractivity contribution is 7.12. The predicted octanol–water partition coefficient (Wildman–Crippen LogP) is 4.51. The minimum atomic E-state index is 0.392. The molecule has 2 atom stereocenters. The zero-order valence-electron chi connectivity index (χ0n) is 11.9. The van der Waals surface area contributed by atoms with Crippen LogP contribution in [0.4, 0.5) is 0 Å². The van der Waals surface area contributed by atoms with Crippen molar-refractivity contribution in [2.75, 3.05) is 0 Å². The van der Waals surface area contributed by atoms with Crippen LogP contribution >= 0.6 is 11.3 Å². The van der Waals surface area contributed by atoms with Crippen molar-refractivity contribution in [2.24, 2.45) is 0 Å². The van der Waals surface area contributed by atoms with Crippen LogP contribution in [0, 0.1) is 0 Å². The Hall–Kier alpha value is -1.19. The minimum absolute atomic E-state index is 0.392. The number of hydrogen-bond acceptors (Lipinski definition) is 3. The van der Waals surface area contributed by atoms with Crippen LogP contribution in [0.25, 0.3) is 0 Å². The van der Waals surface area contributed by atoms with Crippen molar-refractivity contribution in [1.82, 2.24) is 10.3 Å². The Balaban J connectivity index is 2.06. The molecule has 2 heterocycles. The quantitative estimate of drug-likeness (QED) is 0.838. The molecule has 2 aromatic rings. The van der Waals surface area contributed by atoms with Gasteiger partial charge in [0.05, 0.1) is 0 Å². The number of nitrogens with zero attached hydrogens (tertiary/aromatic N) is 1. The number of pyridine rings is 1. The Morgan fingerprint density at radius 3 is 2.47 bits per heavy atom. The van der Waals surface area contributed by atoms with Crippen molar-refractivity contribution in [2.45, 2.75) is 45.7 Å². The third kappa shape index (κ3) is 3.64. The molecule has 19 heavy (non-hydrogen) atoms. The lowest BCUT2D eigenvalue weighted by Crippen LogP contribution is -2.23. The van der Waals surface area contributed by atoms with E-state index in [1.807, 2.05) is 23.7 Å². The molecule has 0 aliphatic rings. The topological polar surface area (TPSA) is 24.9 Å². The Labute approximate surface area is 119 Å². The molecular weight excluding hydrogens is 252 g/mol. The summed E-state index contributed by atoms with van der Waals surface area (Å²) in [4.78, 5) is 6.97. The predicted molar refractivity (Wildman–Crippen MR) is 82.5 cm³/mol. The normalized spacial score (nSPS) is 14.3. The molecule has 0 saturated heterocycles. The number of nitrogens with one attached hydrogen (secondary N) is 1. The van der Waals surface area contributed by atoms with Crippen molar-refractivity contribution >= 4 is 11.3 Å². The number of thiophene rings is 1. The highest BCUT2D eigenvalue weighted by atomic mass is 32.1. The SMILES string of the molecule is CCc1ccc([C@H](C)N[C@@H](CC)c2ccncc2)s1. The van der Waals surface area contributed by atoms with Crippen LogP contribution in [0.1, 0.15) is 54.6 Å². The van der Waals surface area contributed by atoms with E-state index in [0.717, 1.165) is 12.8 Å². The van der Waals surface area contributed by atoms with Crippen LogP contribution in [-0.2, 0) is 6.42 Å². The molecule has 2 rings (SSSR count). The van der Waals surface area contributed by atoms with E-state index in [0.29, 0.717) is 12.1 Å². The Bertz CT molecular complexity index is 492. The molecule has 0 aliphatic heterocycles. The van der Waals surface area contributed by atoms with E-state index in [2.05, 4.69) is 55.3 Å². The van der Waals surface area contributed by atoms with Crippen LogP contribution < -0.4 is 5.32 Å². The lowest BCUT2D eigenvalue weighted by atomic mass is 10.0. The smallest absolute Gasteiger partial charge is 0.0391 e. The van der Waals surface area contributed by atoms with E-state index in [1.165, 1.54) is 15.3 Å². The molecule has 102 valence electrons. The van der Waals surface area contributed by atoms with Gasteiger partial charge in [-0.1, -0.05) is 13.8 Å². The van der Waals surface area contributed by atoms with Crippen LogP contribution in [0.5, 0.6) is 0 Å². The van der Waals surface area contributed by atoms with E-state index in [9.17, 15) is 0 Å². The van der Waals surface area contributed by atoms with Gasteiger partial charge in [0.25, 0.3) is 0 Å². The Morgan fingerprint density at radius 1 is 1.16 bits per heavy atom. The van der Waals surface area contributed by atoms with Gasteiger partial charge in [-0.05, 0) is 49.6 Å². The lowest BCUT2D eigenvalue weighted by Gasteiger charge is -2.22. The zero-order chi connectivity index (χ0) is 13.7. The maximum atomic E-state index is 4.09. The first-order valence-corrected chi connectivity index (χ1v) is 7.80. The summed E-state index contributed by atoms with van der Waals surface area (Å²) in [6, 6.07) is 9.47. The van der Waals surface area contributed by atoms with Gasteiger partial charge in [-0.3, -0.25) is 4.98 Å². The average molecular weight is 274 g/mol. The zero-order valence-corrected chi connectivity index (χ0v) is 12.7. The largest absolute Gasteiger partial charge is 0.303 e. The Kier molecular flexibility index (Phi) is 5.11. The van der Waals surface area contributed by atoms with Crippen molar-refractivity contribution < 1.29 is 0 Å². The highest BCUT2D eigenvalue weighted by Crippen LogP contribution is 2.27. The fourth-order valence-electron chi connectivity index (χ4n) is 2.25. The fourth-order valence-corrected chi connectivity index (χ4v) is 3.21. The van der Waals surface area contributed by atoms with Gasteiger partial charge >= 0.3 is 0 Å². The molecule has 0 aromatic carbocycles. The van der Waals surface area contributed by atoms with E-state index < -0.39 is 0 Å². The molecule has 2 aromatic heterocycles. The van der Waals surface area contributed by atoms with Gasteiger partial charge < -0.3 is 5.32 Å². The summed E-state index contributed by atoms with van der Waals surface area (Å²) in [5, 5.41) is 3.72. The average Bonchev–Trinajstić information content (AvgIpc) is 2.94. The van der Waals surface area contributed by atoms with Crippen LogP contribution in [0.3, 0.4) is 0 Å². The maximum absolute atomic E-state index is 4.09. The van der Waals surface area contributed by atoms with Crippen molar-refractivity contribution in [3.05, 3.63) is 52.0 Å². The minimum Gasteiger partial charge on any atom is -0.303 e. The third-order valence-electron chi connectivity index (χ3n) is 3.43. The second-order valence-electron chi connectivity index (χ2n) is 4.79. The number of aromatic nitrogens is 1. The van der Waals surface area contributed by atoms with Gasteiger partial charge in [0.15, 0.2) is 0 Å². The lowest BCUT2D eigenvalue weighted by molar-refractivity contribution is 0.460. The first-order valence-electron chi connectivity index (χ1n) is 6.99. The van der Waals surface area contributed by atoms with Gasteiger partial charge in [-0.15, -0.1) is 11.3 Å². The van der Waals surface area contributed by atoms with Crippen molar-refractivity contribution in [1.29, 1.82) is 0 Å². The molecule has 0 radical (unpaired) electrons. The second-order valence-corrected chi connectivity index (χ2v) is 5.99. The number of aryl methyl sites for hydroxylation is 1. The summed E-state index contributed by atoms with van der Waals surface area (Å²) in [6.07, 6.45) is 5.94. The molecule has 1 N–H and O–H groups in total. The molecule has 0 saturated carbocycles. The molecular formula is C16H22N2S. The number of rotatable bonds is 6. The van der Waals surface area contributed by atoms with Gasteiger partial charge in [0.2, 0.25) is 0 Å². The molecule has 3 heteroatoms. The summed E-state index contributed by atoms with van der Waals surface area (Å²) in [7, 11) is 0. The van der Waals surface area contributed by atoms with E-state index in [-0.39, 0.29) is 0 Å². The molecule has 0 bridgehead atoms. The summed E-state index contributed by atoms with van der Waals surface area (Å²) < 4.78 is 0. The van der Waals surface area contributed by atoms with Crippen LogP contribution in [0.2, 0.25) is 0 Å². The number of hydrogen-bond donors (Lipinski definition) is 1. The third-order valence-corrected chi connectivity index (χ3v) is 4.84. The summed E-state index contributed by atoms with van der Waals surface area (Å²) in [5.74, 6) is 0. The molecule has 2 nitrogen and oxygen atoms in total. The van der Waals surface area contributed by atoms with E-state index >= 15 is 0 Å². The van der Waals surface area contributed by atoms with Crippen LogP contribution in [-0.4, -0.2) is 4.98 Å². The van der Waals surface area contributed by atoms with Gasteiger partial charge in [0.1, 0.15) is 0 Å². The van der Waals surface area contributed by atoms with Gasteiger partial charge in [-0.25, -0.2) is 0 Å². The summed E-state index contributed by atoms with van der Waals surface area (Å²) >= 11 is 1.91. The van der Waals surface area contributed by atoms with Gasteiger partial charge in [0, 0.05) is 34.2 Å². The maximum Gasteiger partial charge on any atom is 0.0391 e. The molecule has 0 aliphatic carbocycles. The molecule has 0 unspecified atom stereocenters. The Morgan fingerprint density at radius 2 is 1.89 bits per heavy atom. The van der Waals surface area contributed by atoms with Crippen molar-refractivity contribution in [3.63, 3.8) is 0 Å². The van der Waals surface area contributed by atoms with Crippen molar-refractivity contribution in [3.8, 4) is 0 Å². The summed E-state index contributed by atoms with van der Waals surface area (Å²) in [5.41, 5.74) is 1.32. The van der Waals surface area contributed by atoms with E-state index in [4.69, 9.17) is 0 Å².